The molecular weight excluding hydrogens is 269 g/mol. The average molecular weight is 305 g/mol. The van der Waals surface area contributed by atoms with Gasteiger partial charge in [-0.15, -0.1) is 0 Å². The minimum atomic E-state index is 0.316. The van der Waals surface area contributed by atoms with Crippen molar-refractivity contribution in [1.82, 2.24) is 4.90 Å². The Morgan fingerprint density at radius 3 is 2.32 bits per heavy atom. The molecule has 0 bridgehead atoms. The lowest BCUT2D eigenvalue weighted by Gasteiger charge is -2.46. The van der Waals surface area contributed by atoms with E-state index in [4.69, 9.17) is 0 Å². The van der Waals surface area contributed by atoms with Crippen molar-refractivity contribution in [2.75, 3.05) is 0 Å². The third-order valence-electron chi connectivity index (χ3n) is 5.89. The van der Waals surface area contributed by atoms with Crippen LogP contribution in [0.5, 0.6) is 0 Å². The topological polar surface area (TPSA) is 20.3 Å². The van der Waals surface area contributed by atoms with E-state index in [0.717, 1.165) is 12.2 Å². The Bertz CT molecular complexity index is 368. The van der Waals surface area contributed by atoms with E-state index in [9.17, 15) is 4.79 Å². The number of piperidine rings is 1. The average Bonchev–Trinajstić information content (AvgIpc) is 2.48. The Labute approximate surface area is 138 Å². The van der Waals surface area contributed by atoms with Crippen LogP contribution in [-0.2, 0) is 4.79 Å². The van der Waals surface area contributed by atoms with E-state index in [1.165, 1.54) is 44.9 Å². The highest BCUT2D eigenvalue weighted by Crippen LogP contribution is 2.40. The number of carbonyl (C=O) groups excluding carboxylic acids is 1. The van der Waals surface area contributed by atoms with Crippen molar-refractivity contribution in [2.24, 2.45) is 17.8 Å². The van der Waals surface area contributed by atoms with Gasteiger partial charge in [0.15, 0.2) is 0 Å². The first-order chi connectivity index (χ1) is 10.4. The van der Waals surface area contributed by atoms with Gasteiger partial charge >= 0.3 is 0 Å². The summed E-state index contributed by atoms with van der Waals surface area (Å²) in [4.78, 5) is 15.4. The predicted molar refractivity (Wildman–Crippen MR) is 96.8 cm³/mol. The smallest absolute Gasteiger partial charge is 0.226 e. The first kappa shape index (κ1) is 17.9. The molecule has 0 radical (unpaired) electrons. The number of carbonyl (C=O) groups is 1. The van der Waals surface area contributed by atoms with Gasteiger partial charge in [-0.2, -0.15) is 0 Å². The van der Waals surface area contributed by atoms with Gasteiger partial charge in [0.05, 0.1) is 0 Å². The lowest BCUT2D eigenvalue weighted by Crippen LogP contribution is -2.54. The fourth-order valence-corrected chi connectivity index (χ4v) is 4.87. The summed E-state index contributed by atoms with van der Waals surface area (Å²) in [7, 11) is 2.39. The number of hydrogen-bond acceptors (Lipinski definition) is 1. The maximum Gasteiger partial charge on any atom is 0.226 e. The molecule has 0 N–H and O–H groups in total. The Morgan fingerprint density at radius 2 is 1.73 bits per heavy atom. The molecule has 2 aliphatic rings. The summed E-state index contributed by atoms with van der Waals surface area (Å²) >= 11 is 0. The van der Waals surface area contributed by atoms with Crippen LogP contribution in [-0.4, -0.2) is 30.7 Å². The second-order valence-electron chi connectivity index (χ2n) is 8.69. The number of amides is 1. The van der Waals surface area contributed by atoms with E-state index in [1.54, 1.807) is 0 Å². The van der Waals surface area contributed by atoms with Gasteiger partial charge in [-0.25, -0.2) is 0 Å². The van der Waals surface area contributed by atoms with Crippen molar-refractivity contribution in [2.45, 2.75) is 97.0 Å². The summed E-state index contributed by atoms with van der Waals surface area (Å²) in [5.41, 5.74) is 0. The van der Waals surface area contributed by atoms with Crippen LogP contribution in [0.25, 0.3) is 0 Å². The molecule has 4 unspecified atom stereocenters. The highest BCUT2D eigenvalue weighted by Gasteiger charge is 2.42. The van der Waals surface area contributed by atoms with Gasteiger partial charge in [-0.3, -0.25) is 4.79 Å². The van der Waals surface area contributed by atoms with Crippen LogP contribution in [0.2, 0.25) is 5.82 Å². The molecule has 0 aromatic carbocycles. The number of nitrogens with zero attached hydrogens (tertiary/aromatic N) is 1. The van der Waals surface area contributed by atoms with E-state index in [-0.39, 0.29) is 0 Å². The molecule has 0 aromatic heterocycles. The molecule has 2 rings (SSSR count). The van der Waals surface area contributed by atoms with Gasteiger partial charge in [0.25, 0.3) is 0 Å². The van der Waals surface area contributed by atoms with E-state index in [2.05, 4.69) is 40.4 Å². The molecule has 1 aliphatic heterocycles. The third kappa shape index (κ3) is 4.29. The fourth-order valence-electron chi connectivity index (χ4n) is 4.87. The molecule has 1 heterocycles. The molecule has 3 heteroatoms. The summed E-state index contributed by atoms with van der Waals surface area (Å²) < 4.78 is 0. The van der Waals surface area contributed by atoms with Crippen LogP contribution in [0.1, 0.15) is 79.1 Å². The molecule has 0 spiro atoms. The zero-order valence-corrected chi connectivity index (χ0v) is 15.5. The Balaban J connectivity index is 2.16. The minimum Gasteiger partial charge on any atom is -0.337 e. The fraction of sp³-hybridized carbons (Fsp3) is 0.947. The second-order valence-corrected chi connectivity index (χ2v) is 8.69. The Morgan fingerprint density at radius 1 is 1.09 bits per heavy atom. The van der Waals surface area contributed by atoms with E-state index >= 15 is 0 Å². The zero-order valence-electron chi connectivity index (χ0n) is 15.5. The highest BCUT2D eigenvalue weighted by atomic mass is 16.2. The van der Waals surface area contributed by atoms with E-state index in [1.807, 2.05) is 0 Å². The number of likely N-dealkylation sites (tertiary alicyclic amines) is 1. The summed E-state index contributed by atoms with van der Waals surface area (Å²) in [6, 6.07) is 0.829. The van der Waals surface area contributed by atoms with Crippen LogP contribution in [0, 0.1) is 17.8 Å². The van der Waals surface area contributed by atoms with Gasteiger partial charge in [0.1, 0.15) is 7.85 Å². The SMILES string of the molecule is BC1CCCC2CC(CC(C)C)N(C(C)C)C(=O)C2CCC1. The second kappa shape index (κ2) is 7.88. The van der Waals surface area contributed by atoms with Crippen molar-refractivity contribution in [1.29, 1.82) is 0 Å². The summed E-state index contributed by atoms with van der Waals surface area (Å²) in [6.45, 7) is 8.98. The van der Waals surface area contributed by atoms with Gasteiger partial charge < -0.3 is 4.90 Å². The lowest BCUT2D eigenvalue weighted by molar-refractivity contribution is -0.149. The van der Waals surface area contributed by atoms with Crippen molar-refractivity contribution in [3.05, 3.63) is 0 Å². The molecule has 1 saturated heterocycles. The molecule has 4 atom stereocenters. The minimum absolute atomic E-state index is 0.316. The van der Waals surface area contributed by atoms with Crippen molar-refractivity contribution in [3.63, 3.8) is 0 Å². The predicted octanol–water partition coefficient (Wildman–Crippen LogP) is 4.05. The molecule has 2 nitrogen and oxygen atoms in total. The maximum absolute atomic E-state index is 13.2. The molecule has 0 aromatic rings. The molecular formula is C19H36BNO. The molecule has 126 valence electrons. The van der Waals surface area contributed by atoms with Crippen molar-refractivity contribution >= 4 is 13.8 Å². The van der Waals surface area contributed by atoms with Gasteiger partial charge in [0.2, 0.25) is 5.91 Å². The van der Waals surface area contributed by atoms with E-state index in [0.29, 0.717) is 35.7 Å². The molecule has 1 amide bonds. The van der Waals surface area contributed by atoms with E-state index < -0.39 is 0 Å². The van der Waals surface area contributed by atoms with Crippen LogP contribution >= 0.6 is 0 Å². The standard InChI is InChI=1S/C19H36BNO/c1-13(2)11-17-12-15-7-5-8-16(20)9-6-10-18(15)19(22)21(17)14(3)4/h13-18H,5-12,20H2,1-4H3. The number of hydrogen-bond donors (Lipinski definition) is 0. The van der Waals surface area contributed by atoms with Crippen LogP contribution < -0.4 is 0 Å². The number of fused-ring (bicyclic) bond motifs is 1. The molecule has 1 aliphatic carbocycles. The van der Waals surface area contributed by atoms with Crippen molar-refractivity contribution < 1.29 is 4.79 Å². The van der Waals surface area contributed by atoms with Gasteiger partial charge in [-0.05, 0) is 51.4 Å². The first-order valence-corrected chi connectivity index (χ1v) is 9.72. The largest absolute Gasteiger partial charge is 0.337 e. The molecule has 22 heavy (non-hydrogen) atoms. The maximum atomic E-state index is 13.2. The van der Waals surface area contributed by atoms with Crippen LogP contribution in [0.4, 0.5) is 0 Å². The third-order valence-corrected chi connectivity index (χ3v) is 5.89. The zero-order chi connectivity index (χ0) is 16.3. The number of rotatable bonds is 3. The summed E-state index contributed by atoms with van der Waals surface area (Å²) in [5, 5.41) is 0. The van der Waals surface area contributed by atoms with Gasteiger partial charge in [-0.1, -0.05) is 45.3 Å². The quantitative estimate of drug-likeness (QED) is 0.720. The Kier molecular flexibility index (Phi) is 6.41. The van der Waals surface area contributed by atoms with Gasteiger partial charge in [0, 0.05) is 18.0 Å². The van der Waals surface area contributed by atoms with Crippen LogP contribution in [0.15, 0.2) is 0 Å². The molecule has 1 saturated carbocycles. The molecule has 2 fully saturated rings. The van der Waals surface area contributed by atoms with Crippen molar-refractivity contribution in [3.8, 4) is 0 Å². The summed E-state index contributed by atoms with van der Waals surface area (Å²) in [6.07, 6.45) is 10.1. The monoisotopic (exact) mass is 305 g/mol. The first-order valence-electron chi connectivity index (χ1n) is 9.72. The summed E-state index contributed by atoms with van der Waals surface area (Å²) in [5.74, 6) is 2.97. The lowest BCUT2D eigenvalue weighted by atomic mass is 9.74. The normalized spacial score (nSPS) is 34.3. The Hall–Kier alpha value is -0.465. The van der Waals surface area contributed by atoms with Crippen LogP contribution in [0.3, 0.4) is 0 Å². The highest BCUT2D eigenvalue weighted by molar-refractivity contribution is 6.11.